The summed E-state index contributed by atoms with van der Waals surface area (Å²) in [5.41, 5.74) is 1.25. The number of phenolic OH excluding ortho intramolecular Hbond substituents is 1. The van der Waals surface area contributed by atoms with Crippen LogP contribution in [0.3, 0.4) is 0 Å². The summed E-state index contributed by atoms with van der Waals surface area (Å²) in [5.74, 6) is 0.989. The van der Waals surface area contributed by atoms with Gasteiger partial charge in [0.2, 0.25) is 0 Å². The molecule has 0 saturated carbocycles. The minimum Gasteiger partial charge on any atom is -0.508 e. The summed E-state index contributed by atoms with van der Waals surface area (Å²) < 4.78 is 1.72. The second kappa shape index (κ2) is 3.98. The molecule has 92 valence electrons. The third kappa shape index (κ3) is 1.45. The van der Waals surface area contributed by atoms with Gasteiger partial charge in [-0.3, -0.25) is 9.36 Å². The van der Waals surface area contributed by atoms with E-state index in [1.807, 2.05) is 0 Å². The van der Waals surface area contributed by atoms with Crippen molar-refractivity contribution < 1.29 is 5.11 Å². The van der Waals surface area contributed by atoms with Crippen molar-refractivity contribution >= 4 is 10.9 Å². The van der Waals surface area contributed by atoms with E-state index in [1.54, 1.807) is 22.8 Å². The number of aromatic nitrogens is 2. The number of nitrogens with zero attached hydrogens (tertiary/aromatic N) is 2. The maximum absolute atomic E-state index is 12.4. The fourth-order valence-corrected chi connectivity index (χ4v) is 2.58. The fourth-order valence-electron chi connectivity index (χ4n) is 2.58. The van der Waals surface area contributed by atoms with Gasteiger partial charge < -0.3 is 5.11 Å². The molecule has 1 aliphatic heterocycles. The zero-order valence-electron chi connectivity index (χ0n) is 10.0. The summed E-state index contributed by atoms with van der Waals surface area (Å²) in [4.78, 5) is 17.0. The molecule has 0 unspecified atom stereocenters. The molecular weight excluding hydrogens is 228 g/mol. The summed E-state index contributed by atoms with van der Waals surface area (Å²) >= 11 is 0. The average molecular weight is 242 g/mol. The second-order valence-corrected chi connectivity index (χ2v) is 4.54. The van der Waals surface area contributed by atoms with Crippen molar-refractivity contribution in [3.05, 3.63) is 46.5 Å². The topological polar surface area (TPSA) is 55.1 Å². The first-order valence-corrected chi connectivity index (χ1v) is 6.07. The lowest BCUT2D eigenvalue weighted by atomic mass is 10.1. The number of fused-ring (bicyclic) bond motifs is 2. The molecule has 0 fully saturated rings. The SMILES string of the molecule is C=CCc1c(O)ccc2nc3n(c(=O)c12)CCC3. The number of aryl methyl sites for hydroxylation is 1. The van der Waals surface area contributed by atoms with Crippen LogP contribution in [0.2, 0.25) is 0 Å². The van der Waals surface area contributed by atoms with Crippen molar-refractivity contribution in [3.63, 3.8) is 0 Å². The Hall–Kier alpha value is -2.10. The lowest BCUT2D eigenvalue weighted by Gasteiger charge is -2.09. The Labute approximate surface area is 104 Å². The molecule has 0 amide bonds. The van der Waals surface area contributed by atoms with Crippen LogP contribution in [-0.4, -0.2) is 14.7 Å². The van der Waals surface area contributed by atoms with E-state index in [0.29, 0.717) is 22.9 Å². The van der Waals surface area contributed by atoms with Crippen molar-refractivity contribution in [2.45, 2.75) is 25.8 Å². The molecular formula is C14H14N2O2. The highest BCUT2D eigenvalue weighted by atomic mass is 16.3. The lowest BCUT2D eigenvalue weighted by Crippen LogP contribution is -2.22. The van der Waals surface area contributed by atoms with Crippen LogP contribution < -0.4 is 5.56 Å². The maximum Gasteiger partial charge on any atom is 0.261 e. The quantitative estimate of drug-likeness (QED) is 0.817. The van der Waals surface area contributed by atoms with Crippen LogP contribution in [0, 0.1) is 0 Å². The van der Waals surface area contributed by atoms with Gasteiger partial charge >= 0.3 is 0 Å². The molecule has 2 aromatic rings. The van der Waals surface area contributed by atoms with Crippen molar-refractivity contribution in [1.29, 1.82) is 0 Å². The number of rotatable bonds is 2. The van der Waals surface area contributed by atoms with Crippen LogP contribution in [0.25, 0.3) is 10.9 Å². The van der Waals surface area contributed by atoms with Gasteiger partial charge in [-0.25, -0.2) is 4.98 Å². The smallest absolute Gasteiger partial charge is 0.261 e. The predicted molar refractivity (Wildman–Crippen MR) is 69.9 cm³/mol. The zero-order valence-corrected chi connectivity index (χ0v) is 10.0. The molecule has 4 heteroatoms. The molecule has 3 rings (SSSR count). The van der Waals surface area contributed by atoms with E-state index < -0.39 is 0 Å². The summed E-state index contributed by atoms with van der Waals surface area (Å²) in [6, 6.07) is 3.30. The fraction of sp³-hybridized carbons (Fsp3) is 0.286. The van der Waals surface area contributed by atoms with Crippen molar-refractivity contribution in [2.75, 3.05) is 0 Å². The summed E-state index contributed by atoms with van der Waals surface area (Å²) in [7, 11) is 0. The third-order valence-corrected chi connectivity index (χ3v) is 3.42. The summed E-state index contributed by atoms with van der Waals surface area (Å²) in [5, 5.41) is 10.4. The highest BCUT2D eigenvalue weighted by molar-refractivity contribution is 5.84. The molecule has 1 aliphatic rings. The van der Waals surface area contributed by atoms with Crippen LogP contribution in [0.1, 0.15) is 17.8 Å². The van der Waals surface area contributed by atoms with Crippen LogP contribution in [-0.2, 0) is 19.4 Å². The third-order valence-electron chi connectivity index (χ3n) is 3.42. The average Bonchev–Trinajstić information content (AvgIpc) is 2.82. The Bertz CT molecular complexity index is 701. The molecule has 0 atom stereocenters. The summed E-state index contributed by atoms with van der Waals surface area (Å²) in [6.45, 7) is 4.39. The second-order valence-electron chi connectivity index (χ2n) is 4.54. The first-order chi connectivity index (χ1) is 8.72. The van der Waals surface area contributed by atoms with E-state index in [4.69, 9.17) is 0 Å². The number of hydrogen-bond donors (Lipinski definition) is 1. The Morgan fingerprint density at radius 2 is 2.33 bits per heavy atom. The van der Waals surface area contributed by atoms with E-state index in [2.05, 4.69) is 11.6 Å². The van der Waals surface area contributed by atoms with Gasteiger partial charge in [0, 0.05) is 18.5 Å². The molecule has 0 spiro atoms. The van der Waals surface area contributed by atoms with Gasteiger partial charge in [0.15, 0.2) is 0 Å². The summed E-state index contributed by atoms with van der Waals surface area (Å²) in [6.07, 6.45) is 3.97. The van der Waals surface area contributed by atoms with Gasteiger partial charge in [0.1, 0.15) is 11.6 Å². The van der Waals surface area contributed by atoms with Gasteiger partial charge in [0.25, 0.3) is 5.56 Å². The first kappa shape index (κ1) is 11.0. The minimum absolute atomic E-state index is 0.0414. The first-order valence-electron chi connectivity index (χ1n) is 6.07. The van der Waals surface area contributed by atoms with Crippen LogP contribution in [0.5, 0.6) is 5.75 Å². The zero-order chi connectivity index (χ0) is 12.7. The Morgan fingerprint density at radius 1 is 1.50 bits per heavy atom. The van der Waals surface area contributed by atoms with Crippen LogP contribution in [0.15, 0.2) is 29.6 Å². The largest absolute Gasteiger partial charge is 0.508 e. The molecule has 1 aromatic heterocycles. The minimum atomic E-state index is -0.0414. The van der Waals surface area contributed by atoms with E-state index in [9.17, 15) is 9.90 Å². The number of aromatic hydroxyl groups is 1. The normalized spacial score (nSPS) is 13.8. The molecule has 0 saturated heterocycles. The van der Waals surface area contributed by atoms with Crippen LogP contribution in [0.4, 0.5) is 0 Å². The van der Waals surface area contributed by atoms with Crippen LogP contribution >= 0.6 is 0 Å². The number of hydrogen-bond acceptors (Lipinski definition) is 3. The number of allylic oxidation sites excluding steroid dienone is 1. The lowest BCUT2D eigenvalue weighted by molar-refractivity contribution is 0.470. The molecule has 1 N–H and O–H groups in total. The van der Waals surface area contributed by atoms with Gasteiger partial charge in [-0.15, -0.1) is 6.58 Å². The van der Waals surface area contributed by atoms with Gasteiger partial charge in [-0.05, 0) is 25.0 Å². The van der Waals surface area contributed by atoms with Crippen molar-refractivity contribution in [2.24, 2.45) is 0 Å². The molecule has 1 aromatic carbocycles. The Morgan fingerprint density at radius 3 is 3.11 bits per heavy atom. The highest BCUT2D eigenvalue weighted by Gasteiger charge is 2.18. The molecule has 4 nitrogen and oxygen atoms in total. The Balaban J connectivity index is 2.44. The van der Waals surface area contributed by atoms with Crippen molar-refractivity contribution in [1.82, 2.24) is 9.55 Å². The molecule has 0 radical (unpaired) electrons. The van der Waals surface area contributed by atoms with E-state index >= 15 is 0 Å². The van der Waals surface area contributed by atoms with Gasteiger partial charge in [-0.2, -0.15) is 0 Å². The monoisotopic (exact) mass is 242 g/mol. The van der Waals surface area contributed by atoms with E-state index in [0.717, 1.165) is 25.2 Å². The van der Waals surface area contributed by atoms with E-state index in [-0.39, 0.29) is 11.3 Å². The standard InChI is InChI=1S/C14H14N2O2/c1-2-4-9-11(17)7-6-10-13(9)14(18)16-8-3-5-12(16)15-10/h2,6-7,17H,1,3-5,8H2. The van der Waals surface area contributed by atoms with E-state index in [1.165, 1.54) is 0 Å². The highest BCUT2D eigenvalue weighted by Crippen LogP contribution is 2.25. The molecule has 0 aliphatic carbocycles. The van der Waals surface area contributed by atoms with Crippen molar-refractivity contribution in [3.8, 4) is 5.75 Å². The number of benzene rings is 1. The number of phenols is 1. The predicted octanol–water partition coefficient (Wildman–Crippen LogP) is 1.78. The maximum atomic E-state index is 12.4. The van der Waals surface area contributed by atoms with Gasteiger partial charge in [-0.1, -0.05) is 6.08 Å². The molecule has 2 heterocycles. The molecule has 0 bridgehead atoms. The Kier molecular flexibility index (Phi) is 2.44. The molecule has 18 heavy (non-hydrogen) atoms. The van der Waals surface area contributed by atoms with Gasteiger partial charge in [0.05, 0.1) is 10.9 Å².